The summed E-state index contributed by atoms with van der Waals surface area (Å²) in [6, 6.07) is 4.74. The van der Waals surface area contributed by atoms with Gasteiger partial charge in [0.2, 0.25) is 21.9 Å². The molecular weight excluding hydrogens is 616 g/mol. The van der Waals surface area contributed by atoms with Gasteiger partial charge in [0.15, 0.2) is 0 Å². The third-order valence-electron chi connectivity index (χ3n) is 8.36. The third kappa shape index (κ3) is 6.64. The van der Waals surface area contributed by atoms with Gasteiger partial charge in [0.05, 0.1) is 55.3 Å². The molecule has 2 aliphatic rings. The summed E-state index contributed by atoms with van der Waals surface area (Å²) in [5, 5.41) is 15.4. The highest BCUT2D eigenvalue weighted by Gasteiger charge is 2.32. The lowest BCUT2D eigenvalue weighted by atomic mass is 9.93. The maximum absolute atomic E-state index is 13.2. The van der Waals surface area contributed by atoms with Crippen molar-refractivity contribution in [1.29, 1.82) is 0 Å². The van der Waals surface area contributed by atoms with Crippen LogP contribution in [0.25, 0.3) is 10.9 Å². The van der Waals surface area contributed by atoms with Crippen LogP contribution in [0.2, 0.25) is 0 Å². The molecule has 46 heavy (non-hydrogen) atoms. The predicted octanol–water partition coefficient (Wildman–Crippen LogP) is 3.23. The Hall–Kier alpha value is -4.64. The van der Waals surface area contributed by atoms with Crippen LogP contribution in [0.5, 0.6) is 5.88 Å². The van der Waals surface area contributed by atoms with Gasteiger partial charge in [-0.3, -0.25) is 9.29 Å². The number of hydrogen-bond acceptors (Lipinski definition) is 13. The van der Waals surface area contributed by atoms with Gasteiger partial charge in [-0.1, -0.05) is 4.98 Å². The van der Waals surface area contributed by atoms with Crippen molar-refractivity contribution < 1.29 is 22.8 Å². The van der Waals surface area contributed by atoms with Gasteiger partial charge >= 0.3 is 5.95 Å². The average molecular weight is 653 g/mol. The van der Waals surface area contributed by atoms with Crippen molar-refractivity contribution in [2.24, 2.45) is 7.05 Å². The second kappa shape index (κ2) is 13.0. The molecule has 0 bridgehead atoms. The van der Waals surface area contributed by atoms with Crippen molar-refractivity contribution >= 4 is 44.3 Å². The Labute approximate surface area is 266 Å². The number of rotatable bonds is 10. The minimum absolute atomic E-state index is 0.117. The molecule has 17 heteroatoms. The molecule has 1 aliphatic heterocycles. The van der Waals surface area contributed by atoms with Crippen molar-refractivity contribution in [3.63, 3.8) is 0 Å². The summed E-state index contributed by atoms with van der Waals surface area (Å²) in [5.74, 6) is 1.29. The Balaban J connectivity index is 1.33. The molecule has 0 radical (unpaired) electrons. The molecule has 4 aromatic heterocycles. The molecule has 1 N–H and O–H groups in total. The Morgan fingerprint density at radius 3 is 2.46 bits per heavy atom. The Kier molecular flexibility index (Phi) is 8.86. The number of nitro groups is 1. The van der Waals surface area contributed by atoms with Crippen LogP contribution < -0.4 is 19.3 Å². The minimum atomic E-state index is -3.88. The normalized spacial score (nSPS) is 19.5. The van der Waals surface area contributed by atoms with Gasteiger partial charge in [-0.15, -0.1) is 0 Å². The average Bonchev–Trinajstić information content (AvgIpc) is 3.44. The molecule has 1 saturated heterocycles. The molecule has 5 heterocycles. The zero-order valence-corrected chi connectivity index (χ0v) is 26.6. The zero-order chi connectivity index (χ0) is 32.4. The summed E-state index contributed by atoms with van der Waals surface area (Å²) in [6.07, 6.45) is 10.4. The minimum Gasteiger partial charge on any atom is -0.474 e. The molecule has 0 spiro atoms. The molecule has 2 fully saturated rings. The molecule has 1 unspecified atom stereocenters. The van der Waals surface area contributed by atoms with Gasteiger partial charge < -0.3 is 29.8 Å². The van der Waals surface area contributed by atoms with E-state index in [1.54, 1.807) is 31.5 Å². The number of nitrogens with zero attached hydrogens (tertiary/aromatic N) is 9. The van der Waals surface area contributed by atoms with Crippen LogP contribution in [-0.2, 0) is 21.8 Å². The maximum atomic E-state index is 13.2. The van der Waals surface area contributed by atoms with E-state index in [0.29, 0.717) is 60.5 Å². The van der Waals surface area contributed by atoms with Crippen LogP contribution in [0, 0.1) is 10.1 Å². The lowest BCUT2D eigenvalue weighted by Crippen LogP contribution is -2.37. The first-order valence-corrected chi connectivity index (χ1v) is 16.9. The number of anilines is 3. The Bertz CT molecular complexity index is 1810. The summed E-state index contributed by atoms with van der Waals surface area (Å²) >= 11 is 0. The highest BCUT2D eigenvalue weighted by atomic mass is 32.2. The quantitative estimate of drug-likeness (QED) is 0.195. The lowest BCUT2D eigenvalue weighted by Gasteiger charge is -2.31. The van der Waals surface area contributed by atoms with Gasteiger partial charge in [-0.05, 0) is 49.7 Å². The molecular formula is C29H36N10O6S. The number of hydrogen-bond donors (Lipinski definition) is 1. The largest absolute Gasteiger partial charge is 0.474 e. The van der Waals surface area contributed by atoms with E-state index in [2.05, 4.69) is 30.2 Å². The first-order valence-electron chi connectivity index (χ1n) is 15.1. The first kappa shape index (κ1) is 31.3. The number of pyridine rings is 2. The van der Waals surface area contributed by atoms with E-state index in [1.807, 2.05) is 6.07 Å². The van der Waals surface area contributed by atoms with E-state index >= 15 is 0 Å². The fourth-order valence-electron chi connectivity index (χ4n) is 6.07. The number of imidazole rings is 1. The van der Waals surface area contributed by atoms with Crippen LogP contribution in [-0.4, -0.2) is 87.5 Å². The van der Waals surface area contributed by atoms with Crippen molar-refractivity contribution in [3.8, 4) is 5.88 Å². The van der Waals surface area contributed by atoms with Gasteiger partial charge in [0.1, 0.15) is 23.8 Å². The molecule has 1 atom stereocenters. The number of fused-ring (bicyclic) bond motifs is 1. The predicted molar refractivity (Wildman–Crippen MR) is 170 cm³/mol. The smallest absolute Gasteiger partial charge is 0.434 e. The molecule has 16 nitrogen and oxygen atoms in total. The second-order valence-electron chi connectivity index (χ2n) is 11.5. The zero-order valence-electron chi connectivity index (χ0n) is 25.8. The van der Waals surface area contributed by atoms with Crippen LogP contribution in [0.3, 0.4) is 0 Å². The van der Waals surface area contributed by atoms with E-state index in [4.69, 9.17) is 14.5 Å². The Morgan fingerprint density at radius 2 is 1.80 bits per heavy atom. The van der Waals surface area contributed by atoms with Crippen molar-refractivity contribution in [2.75, 3.05) is 47.1 Å². The standard InChI is InChI=1S/C29H36N10O6S/c1-19(25-18-33-29(36(25)2)39(40)41)38(46(3,42)43)21-15-23-24(32-17-21)16-26(37-11-13-44-14-12-37)35-27(23)45-22-7-5-20(6-8-22)34-28-30-9-4-10-31-28/h4,9-10,15-20,22H,5-8,11-14H2,1-3H3,(H,30,31,34). The van der Waals surface area contributed by atoms with Crippen LogP contribution in [0.15, 0.2) is 43.0 Å². The summed E-state index contributed by atoms with van der Waals surface area (Å²) in [6.45, 7) is 4.15. The molecule has 4 aromatic rings. The SMILES string of the molecule is CC(c1cnc([N+](=O)[O-])n1C)N(c1cnc2cc(N3CCOCC3)nc(OC3CCC(Nc4ncccn4)CC3)c2c1)S(C)(=O)=O. The summed E-state index contributed by atoms with van der Waals surface area (Å²) in [5.41, 5.74) is 1.22. The van der Waals surface area contributed by atoms with Crippen LogP contribution in [0.1, 0.15) is 44.3 Å². The first-order chi connectivity index (χ1) is 22.1. The van der Waals surface area contributed by atoms with E-state index in [9.17, 15) is 18.5 Å². The highest BCUT2D eigenvalue weighted by molar-refractivity contribution is 7.92. The second-order valence-corrected chi connectivity index (χ2v) is 13.3. The number of morpholine rings is 1. The summed E-state index contributed by atoms with van der Waals surface area (Å²) in [7, 11) is -2.39. The molecule has 6 rings (SSSR count). The van der Waals surface area contributed by atoms with E-state index in [-0.39, 0.29) is 23.8 Å². The van der Waals surface area contributed by atoms with Crippen LogP contribution in [0.4, 0.5) is 23.4 Å². The third-order valence-corrected chi connectivity index (χ3v) is 9.60. The molecule has 0 aromatic carbocycles. The van der Waals surface area contributed by atoms with Gasteiger partial charge in [-0.2, -0.15) is 4.98 Å². The van der Waals surface area contributed by atoms with Crippen molar-refractivity contribution in [1.82, 2.24) is 29.5 Å². The number of ether oxygens (including phenoxy) is 2. The topological polar surface area (TPSA) is 184 Å². The molecule has 1 saturated carbocycles. The Morgan fingerprint density at radius 1 is 1.09 bits per heavy atom. The lowest BCUT2D eigenvalue weighted by molar-refractivity contribution is -0.396. The molecule has 244 valence electrons. The highest BCUT2D eigenvalue weighted by Crippen LogP contribution is 2.36. The number of nitrogens with one attached hydrogen (secondary N) is 1. The fraction of sp³-hybridized carbons (Fsp3) is 0.483. The van der Waals surface area contributed by atoms with E-state index < -0.39 is 21.0 Å². The molecule has 1 aliphatic carbocycles. The molecule has 0 amide bonds. The van der Waals surface area contributed by atoms with Crippen molar-refractivity contribution in [3.05, 3.63) is 58.8 Å². The van der Waals surface area contributed by atoms with E-state index in [1.165, 1.54) is 28.3 Å². The number of aromatic nitrogens is 6. The summed E-state index contributed by atoms with van der Waals surface area (Å²) < 4.78 is 41.0. The fourth-order valence-corrected chi connectivity index (χ4v) is 7.23. The van der Waals surface area contributed by atoms with E-state index in [0.717, 1.165) is 31.9 Å². The monoisotopic (exact) mass is 652 g/mol. The number of sulfonamides is 1. The summed E-state index contributed by atoms with van der Waals surface area (Å²) in [4.78, 5) is 34.9. The van der Waals surface area contributed by atoms with Gasteiger partial charge in [-0.25, -0.2) is 23.0 Å². The van der Waals surface area contributed by atoms with Crippen molar-refractivity contribution in [2.45, 2.75) is 50.8 Å². The maximum Gasteiger partial charge on any atom is 0.434 e. The van der Waals surface area contributed by atoms with Gasteiger partial charge in [0.25, 0.3) is 0 Å². The van der Waals surface area contributed by atoms with Gasteiger partial charge in [0, 0.05) is 37.6 Å². The van der Waals surface area contributed by atoms with Crippen LogP contribution >= 0.6 is 0 Å².